The summed E-state index contributed by atoms with van der Waals surface area (Å²) in [7, 11) is 0. The average molecular weight is 259 g/mol. The molecule has 0 saturated heterocycles. The minimum atomic E-state index is -0.269. The van der Waals surface area contributed by atoms with Gasteiger partial charge >= 0.3 is 0 Å². The Morgan fingerprint density at radius 1 is 1.50 bits per heavy atom. The highest BCUT2D eigenvalue weighted by molar-refractivity contribution is 6.41. The van der Waals surface area contributed by atoms with E-state index in [0.29, 0.717) is 17.3 Å². The van der Waals surface area contributed by atoms with Crippen molar-refractivity contribution in [1.29, 1.82) is 0 Å². The molecule has 2 rings (SSSR count). The van der Waals surface area contributed by atoms with Crippen molar-refractivity contribution in [2.24, 2.45) is 0 Å². The Kier molecular flexibility index (Phi) is 3.17. The van der Waals surface area contributed by atoms with Gasteiger partial charge in [-0.05, 0) is 6.07 Å². The summed E-state index contributed by atoms with van der Waals surface area (Å²) >= 11 is 11.4. The number of aromatic amines is 2. The molecule has 0 atom stereocenters. The van der Waals surface area contributed by atoms with Gasteiger partial charge in [-0.25, -0.2) is 0 Å². The number of nitrogens with zero attached hydrogens (tertiary/aromatic N) is 1. The summed E-state index contributed by atoms with van der Waals surface area (Å²) in [4.78, 5) is 14.3. The number of nitrogens with one attached hydrogen (secondary N) is 3. The lowest BCUT2D eigenvalue weighted by molar-refractivity contribution is 0.0946. The third-order valence-electron chi connectivity index (χ3n) is 1.98. The van der Waals surface area contributed by atoms with Crippen LogP contribution in [0.25, 0.3) is 0 Å². The molecule has 7 heteroatoms. The van der Waals surface area contributed by atoms with Crippen molar-refractivity contribution in [2.75, 3.05) is 0 Å². The highest BCUT2D eigenvalue weighted by atomic mass is 35.5. The van der Waals surface area contributed by atoms with E-state index < -0.39 is 0 Å². The maximum absolute atomic E-state index is 11.6. The molecule has 1 amide bonds. The van der Waals surface area contributed by atoms with Gasteiger partial charge in [0.25, 0.3) is 5.91 Å². The monoisotopic (exact) mass is 258 g/mol. The molecule has 0 bridgehead atoms. The van der Waals surface area contributed by atoms with Gasteiger partial charge in [0.05, 0.1) is 11.2 Å². The van der Waals surface area contributed by atoms with E-state index in [4.69, 9.17) is 23.2 Å². The Morgan fingerprint density at radius 3 is 2.88 bits per heavy atom. The van der Waals surface area contributed by atoms with Gasteiger partial charge in [0.2, 0.25) is 0 Å². The quantitative estimate of drug-likeness (QED) is 0.788. The first kappa shape index (κ1) is 11.0. The van der Waals surface area contributed by atoms with Gasteiger partial charge in [-0.3, -0.25) is 9.89 Å². The fraction of sp³-hybridized carbons (Fsp3) is 0.111. The van der Waals surface area contributed by atoms with Crippen molar-refractivity contribution < 1.29 is 4.79 Å². The third-order valence-corrected chi connectivity index (χ3v) is 2.67. The van der Waals surface area contributed by atoms with Crippen molar-refractivity contribution in [1.82, 2.24) is 20.5 Å². The summed E-state index contributed by atoms with van der Waals surface area (Å²) in [6, 6.07) is 1.48. The molecule has 0 unspecified atom stereocenters. The summed E-state index contributed by atoms with van der Waals surface area (Å²) in [6.45, 7) is 0.392. The van der Waals surface area contributed by atoms with Crippen LogP contribution in [0.3, 0.4) is 0 Å². The zero-order valence-electron chi connectivity index (χ0n) is 8.05. The van der Waals surface area contributed by atoms with Gasteiger partial charge in [-0.2, -0.15) is 5.10 Å². The van der Waals surface area contributed by atoms with E-state index in [-0.39, 0.29) is 11.1 Å². The van der Waals surface area contributed by atoms with Gasteiger partial charge in [0.1, 0.15) is 10.8 Å². The van der Waals surface area contributed by atoms with Crippen LogP contribution in [0.15, 0.2) is 18.5 Å². The Bertz CT molecular complexity index is 472. The molecular formula is C9H8Cl2N4O. The lowest BCUT2D eigenvalue weighted by atomic mass is 10.3. The van der Waals surface area contributed by atoms with Crippen molar-refractivity contribution in [2.45, 2.75) is 6.54 Å². The molecule has 0 aromatic carbocycles. The largest absolute Gasteiger partial charge is 0.347 e. The van der Waals surface area contributed by atoms with Crippen LogP contribution in [0.2, 0.25) is 10.2 Å². The molecule has 0 aliphatic heterocycles. The van der Waals surface area contributed by atoms with Crippen molar-refractivity contribution in [3.05, 3.63) is 39.9 Å². The lowest BCUT2D eigenvalue weighted by Crippen LogP contribution is -2.22. The molecule has 3 N–H and O–H groups in total. The van der Waals surface area contributed by atoms with Crippen LogP contribution in [0.5, 0.6) is 0 Å². The topological polar surface area (TPSA) is 73.6 Å². The molecule has 0 aliphatic rings. The number of carbonyl (C=O) groups excluding carboxylic acids is 1. The average Bonchev–Trinajstić information content (AvgIpc) is 2.86. The van der Waals surface area contributed by atoms with Gasteiger partial charge in [-0.15, -0.1) is 0 Å². The Morgan fingerprint density at radius 2 is 2.31 bits per heavy atom. The van der Waals surface area contributed by atoms with Crippen molar-refractivity contribution in [3.63, 3.8) is 0 Å². The van der Waals surface area contributed by atoms with E-state index in [9.17, 15) is 4.79 Å². The zero-order valence-corrected chi connectivity index (χ0v) is 9.56. The van der Waals surface area contributed by atoms with E-state index in [1.54, 1.807) is 12.4 Å². The fourth-order valence-electron chi connectivity index (χ4n) is 1.18. The second-order valence-electron chi connectivity index (χ2n) is 3.13. The SMILES string of the molecule is O=C(NCc1cn[nH]c1)c1cc(Cl)c(Cl)[nH]1. The van der Waals surface area contributed by atoms with Crippen LogP contribution in [0.1, 0.15) is 16.1 Å². The van der Waals surface area contributed by atoms with Crippen LogP contribution >= 0.6 is 23.2 Å². The summed E-state index contributed by atoms with van der Waals surface area (Å²) < 4.78 is 0. The summed E-state index contributed by atoms with van der Waals surface area (Å²) in [6.07, 6.45) is 3.34. The summed E-state index contributed by atoms with van der Waals surface area (Å²) in [5.41, 5.74) is 1.22. The van der Waals surface area contributed by atoms with Crippen LogP contribution in [-0.2, 0) is 6.54 Å². The summed E-state index contributed by atoms with van der Waals surface area (Å²) in [5.74, 6) is -0.269. The fourth-order valence-corrected chi connectivity index (χ4v) is 1.49. The molecule has 2 heterocycles. The minimum Gasteiger partial charge on any atom is -0.347 e. The Balaban J connectivity index is 1.98. The molecule has 0 saturated carbocycles. The first-order valence-electron chi connectivity index (χ1n) is 4.46. The molecule has 5 nitrogen and oxygen atoms in total. The van der Waals surface area contributed by atoms with Crippen LogP contribution in [0.4, 0.5) is 0 Å². The number of H-pyrrole nitrogens is 2. The van der Waals surface area contributed by atoms with Crippen LogP contribution < -0.4 is 5.32 Å². The molecule has 0 spiro atoms. The lowest BCUT2D eigenvalue weighted by Gasteiger charge is -2.00. The molecule has 0 radical (unpaired) electrons. The van der Waals surface area contributed by atoms with Crippen molar-refractivity contribution in [3.8, 4) is 0 Å². The van der Waals surface area contributed by atoms with E-state index >= 15 is 0 Å². The number of halogens is 2. The number of carbonyl (C=O) groups is 1. The Hall–Kier alpha value is -1.46. The third kappa shape index (κ3) is 2.37. The molecule has 2 aromatic rings. The molecule has 16 heavy (non-hydrogen) atoms. The smallest absolute Gasteiger partial charge is 0.268 e. The first-order chi connectivity index (χ1) is 7.66. The zero-order chi connectivity index (χ0) is 11.5. The van der Waals surface area contributed by atoms with E-state index in [1.165, 1.54) is 6.07 Å². The molecule has 0 aliphatic carbocycles. The number of hydrogen-bond donors (Lipinski definition) is 3. The number of amides is 1. The maximum atomic E-state index is 11.6. The molecule has 0 fully saturated rings. The first-order valence-corrected chi connectivity index (χ1v) is 5.22. The van der Waals surface area contributed by atoms with Crippen LogP contribution in [0, 0.1) is 0 Å². The second kappa shape index (κ2) is 4.59. The highest BCUT2D eigenvalue weighted by Crippen LogP contribution is 2.21. The van der Waals surface area contributed by atoms with Crippen LogP contribution in [-0.4, -0.2) is 21.1 Å². The normalized spacial score (nSPS) is 10.4. The molecule has 84 valence electrons. The van der Waals surface area contributed by atoms with Gasteiger partial charge < -0.3 is 10.3 Å². The van der Waals surface area contributed by atoms with Crippen molar-refractivity contribution >= 4 is 29.1 Å². The van der Waals surface area contributed by atoms with E-state index in [0.717, 1.165) is 5.56 Å². The highest BCUT2D eigenvalue weighted by Gasteiger charge is 2.11. The second-order valence-corrected chi connectivity index (χ2v) is 3.92. The molecular weight excluding hydrogens is 251 g/mol. The molecule has 2 aromatic heterocycles. The number of hydrogen-bond acceptors (Lipinski definition) is 2. The minimum absolute atomic E-state index is 0.259. The standard InChI is InChI=1S/C9H8Cl2N4O/c10-6-1-7(15-8(6)11)9(16)12-2-5-3-13-14-4-5/h1,3-4,15H,2H2,(H,12,16)(H,13,14). The van der Waals surface area contributed by atoms with Gasteiger partial charge in [-0.1, -0.05) is 23.2 Å². The van der Waals surface area contributed by atoms with Gasteiger partial charge in [0.15, 0.2) is 0 Å². The number of aromatic nitrogens is 3. The number of rotatable bonds is 3. The maximum Gasteiger partial charge on any atom is 0.268 e. The summed E-state index contributed by atoms with van der Waals surface area (Å²) in [5, 5.41) is 9.70. The predicted octanol–water partition coefficient (Wildman–Crippen LogP) is 1.97. The van der Waals surface area contributed by atoms with E-state index in [1.807, 2.05) is 0 Å². The van der Waals surface area contributed by atoms with E-state index in [2.05, 4.69) is 20.5 Å². The predicted molar refractivity (Wildman–Crippen MR) is 60.6 cm³/mol. The van der Waals surface area contributed by atoms with Gasteiger partial charge in [0, 0.05) is 18.3 Å². The Labute approximate surface area is 101 Å².